The highest BCUT2D eigenvalue weighted by atomic mass is 15.1. The van der Waals surface area contributed by atoms with Gasteiger partial charge in [-0.15, -0.1) is 0 Å². The first-order valence-electron chi connectivity index (χ1n) is 9.59. The highest BCUT2D eigenvalue weighted by Crippen LogP contribution is 2.30. The number of aryl methyl sites for hydroxylation is 1. The minimum atomic E-state index is 0.677. The average molecular weight is 327 g/mol. The summed E-state index contributed by atoms with van der Waals surface area (Å²) in [7, 11) is 0. The van der Waals surface area contributed by atoms with Crippen LogP contribution in [0.2, 0.25) is 0 Å². The van der Waals surface area contributed by atoms with E-state index in [1.807, 2.05) is 0 Å². The van der Waals surface area contributed by atoms with Gasteiger partial charge in [0.05, 0.1) is 0 Å². The van der Waals surface area contributed by atoms with E-state index in [1.54, 1.807) is 0 Å². The normalized spacial score (nSPS) is 24.6. The smallest absolute Gasteiger partial charge is 0.131 e. The number of anilines is 1. The van der Waals surface area contributed by atoms with Gasteiger partial charge in [0.15, 0.2) is 0 Å². The van der Waals surface area contributed by atoms with Crippen LogP contribution >= 0.6 is 0 Å². The van der Waals surface area contributed by atoms with Gasteiger partial charge in [0, 0.05) is 19.2 Å². The number of hydrogen-bond donors (Lipinski definition) is 3. The van der Waals surface area contributed by atoms with E-state index in [-0.39, 0.29) is 0 Å². The van der Waals surface area contributed by atoms with Crippen molar-refractivity contribution in [1.82, 2.24) is 15.6 Å². The lowest BCUT2D eigenvalue weighted by atomic mass is 9.87. The zero-order valence-corrected chi connectivity index (χ0v) is 14.5. The van der Waals surface area contributed by atoms with Gasteiger partial charge in [0.1, 0.15) is 11.7 Å². The summed E-state index contributed by atoms with van der Waals surface area (Å²) in [6, 6.07) is 2.25. The molecule has 0 radical (unpaired) electrons. The zero-order chi connectivity index (χ0) is 16.2. The molecular formula is C19H29N5. The molecule has 130 valence electrons. The van der Waals surface area contributed by atoms with Crippen LogP contribution in [0.5, 0.6) is 0 Å². The van der Waals surface area contributed by atoms with Crippen molar-refractivity contribution in [1.29, 1.82) is 0 Å². The first kappa shape index (κ1) is 16.0. The van der Waals surface area contributed by atoms with Crippen molar-refractivity contribution < 1.29 is 0 Å². The molecule has 2 bridgehead atoms. The number of fused-ring (bicyclic) bond motifs is 2. The Morgan fingerprint density at radius 2 is 1.75 bits per heavy atom. The highest BCUT2D eigenvalue weighted by molar-refractivity contribution is 5.95. The fraction of sp³-hybridized carbons (Fsp3) is 0.684. The number of rotatable bonds is 3. The van der Waals surface area contributed by atoms with E-state index in [2.05, 4.69) is 33.2 Å². The van der Waals surface area contributed by atoms with Crippen molar-refractivity contribution in [2.45, 2.75) is 44.4 Å². The molecule has 5 nitrogen and oxygen atoms in total. The van der Waals surface area contributed by atoms with Crippen LogP contribution in [-0.2, 0) is 6.42 Å². The molecule has 2 saturated heterocycles. The van der Waals surface area contributed by atoms with Gasteiger partial charge in [0.2, 0.25) is 0 Å². The molecular weight excluding hydrogens is 298 g/mol. The van der Waals surface area contributed by atoms with Crippen molar-refractivity contribution in [2.24, 2.45) is 10.9 Å². The molecule has 5 heteroatoms. The number of amidine groups is 1. The number of pyridine rings is 1. The van der Waals surface area contributed by atoms with E-state index in [4.69, 9.17) is 4.99 Å². The Morgan fingerprint density at radius 1 is 1.00 bits per heavy atom. The van der Waals surface area contributed by atoms with E-state index in [0.29, 0.717) is 5.92 Å². The molecule has 0 unspecified atom stereocenters. The molecule has 2 fully saturated rings. The van der Waals surface area contributed by atoms with Crippen LogP contribution in [0.25, 0.3) is 0 Å². The van der Waals surface area contributed by atoms with E-state index in [9.17, 15) is 0 Å². The summed E-state index contributed by atoms with van der Waals surface area (Å²) in [6.45, 7) is 5.51. The van der Waals surface area contributed by atoms with Crippen molar-refractivity contribution in [2.75, 3.05) is 38.0 Å². The number of aromatic nitrogens is 1. The maximum Gasteiger partial charge on any atom is 0.131 e. The minimum Gasteiger partial charge on any atom is -0.329 e. The van der Waals surface area contributed by atoms with Crippen molar-refractivity contribution in [3.05, 3.63) is 23.4 Å². The van der Waals surface area contributed by atoms with Crippen molar-refractivity contribution in [3.63, 3.8) is 0 Å². The highest BCUT2D eigenvalue weighted by Gasteiger charge is 2.21. The maximum absolute atomic E-state index is 4.90. The third kappa shape index (κ3) is 3.78. The molecule has 4 heterocycles. The lowest BCUT2D eigenvalue weighted by Gasteiger charge is -2.24. The van der Waals surface area contributed by atoms with E-state index < -0.39 is 0 Å². The molecule has 3 aliphatic rings. The van der Waals surface area contributed by atoms with Crippen LogP contribution in [0.3, 0.4) is 0 Å². The van der Waals surface area contributed by atoms with E-state index >= 15 is 0 Å². The molecule has 1 aromatic rings. The first-order chi connectivity index (χ1) is 11.9. The zero-order valence-electron chi connectivity index (χ0n) is 14.5. The Balaban J connectivity index is 1.43. The predicted molar refractivity (Wildman–Crippen MR) is 98.9 cm³/mol. The maximum atomic E-state index is 4.90. The fourth-order valence-electron chi connectivity index (χ4n) is 4.18. The van der Waals surface area contributed by atoms with E-state index in [1.165, 1.54) is 36.8 Å². The van der Waals surface area contributed by atoms with Gasteiger partial charge in [-0.3, -0.25) is 4.99 Å². The van der Waals surface area contributed by atoms with Crippen molar-refractivity contribution >= 4 is 11.7 Å². The van der Waals surface area contributed by atoms with Crippen LogP contribution in [-0.4, -0.2) is 43.5 Å². The second kappa shape index (κ2) is 7.62. The number of aliphatic imine (C=N–C) groups is 1. The Hall–Kier alpha value is -1.46. The SMILES string of the molecule is c1c2ncc(C3CCNCC3)c1CCC(=NCC1CCNCC1)N2. The monoisotopic (exact) mass is 327 g/mol. The number of piperidine rings is 2. The summed E-state index contributed by atoms with van der Waals surface area (Å²) in [4.78, 5) is 9.56. The van der Waals surface area contributed by atoms with Gasteiger partial charge in [-0.1, -0.05) is 0 Å². The van der Waals surface area contributed by atoms with Gasteiger partial charge in [-0.2, -0.15) is 0 Å². The Bertz CT molecular complexity index is 585. The summed E-state index contributed by atoms with van der Waals surface area (Å²) >= 11 is 0. The molecule has 0 aromatic carbocycles. The first-order valence-corrected chi connectivity index (χ1v) is 9.59. The average Bonchev–Trinajstić information content (AvgIpc) is 2.81. The summed E-state index contributed by atoms with van der Waals surface area (Å²) in [5.41, 5.74) is 2.95. The second-order valence-corrected chi connectivity index (χ2v) is 7.40. The van der Waals surface area contributed by atoms with Gasteiger partial charge < -0.3 is 16.0 Å². The quantitative estimate of drug-likeness (QED) is 0.797. The molecule has 24 heavy (non-hydrogen) atoms. The number of hydrogen-bond acceptors (Lipinski definition) is 4. The summed E-state index contributed by atoms with van der Waals surface area (Å²) in [6.07, 6.45) is 9.19. The third-order valence-corrected chi connectivity index (χ3v) is 5.71. The molecule has 1 aromatic heterocycles. The van der Waals surface area contributed by atoms with Gasteiger partial charge in [-0.05, 0) is 87.3 Å². The molecule has 3 aliphatic heterocycles. The molecule has 0 amide bonds. The second-order valence-electron chi connectivity index (χ2n) is 7.40. The molecule has 0 spiro atoms. The summed E-state index contributed by atoms with van der Waals surface area (Å²) < 4.78 is 0. The molecule has 4 rings (SSSR count). The minimum absolute atomic E-state index is 0.677. The Morgan fingerprint density at radius 3 is 2.54 bits per heavy atom. The lowest BCUT2D eigenvalue weighted by Crippen LogP contribution is -2.29. The summed E-state index contributed by atoms with van der Waals surface area (Å²) in [5, 5.41) is 10.3. The van der Waals surface area contributed by atoms with Crippen LogP contribution in [0, 0.1) is 5.92 Å². The third-order valence-electron chi connectivity index (χ3n) is 5.71. The Labute approximate surface area is 144 Å². The number of nitrogens with zero attached hydrogens (tertiary/aromatic N) is 2. The van der Waals surface area contributed by atoms with Crippen molar-refractivity contribution in [3.8, 4) is 0 Å². The Kier molecular flexibility index (Phi) is 5.09. The molecule has 0 saturated carbocycles. The lowest BCUT2D eigenvalue weighted by molar-refractivity contribution is 0.383. The van der Waals surface area contributed by atoms with Crippen LogP contribution < -0.4 is 16.0 Å². The van der Waals surface area contributed by atoms with Crippen LogP contribution in [0.1, 0.15) is 49.1 Å². The fourth-order valence-corrected chi connectivity index (χ4v) is 4.18. The summed E-state index contributed by atoms with van der Waals surface area (Å²) in [5.74, 6) is 3.52. The topological polar surface area (TPSA) is 61.3 Å². The standard InChI is InChI=1S/C19H29N5/c1-2-18(22-12-14-3-7-20-8-4-14)24-19-11-16(1)17(13-23-19)15-5-9-21-10-6-15/h11,13-15,20-21H,1-10,12H2,(H,22,23,24). The predicted octanol–water partition coefficient (Wildman–Crippen LogP) is 2.30. The molecule has 0 atom stereocenters. The molecule has 0 aliphatic carbocycles. The van der Waals surface area contributed by atoms with Gasteiger partial charge in [0.25, 0.3) is 0 Å². The van der Waals surface area contributed by atoms with Crippen LogP contribution in [0.4, 0.5) is 5.82 Å². The van der Waals surface area contributed by atoms with Crippen LogP contribution in [0.15, 0.2) is 17.3 Å². The largest absolute Gasteiger partial charge is 0.329 e. The van der Waals surface area contributed by atoms with Gasteiger partial charge in [-0.25, -0.2) is 4.98 Å². The van der Waals surface area contributed by atoms with E-state index in [0.717, 1.165) is 63.1 Å². The molecule has 3 N–H and O–H groups in total. The van der Waals surface area contributed by atoms with Gasteiger partial charge >= 0.3 is 0 Å². The number of nitrogens with one attached hydrogen (secondary N) is 3.